The molecule has 102 valence electrons. The fourth-order valence-corrected chi connectivity index (χ4v) is 2.55. The summed E-state index contributed by atoms with van der Waals surface area (Å²) in [7, 11) is 1.33. The Morgan fingerprint density at radius 2 is 2.00 bits per heavy atom. The van der Waals surface area contributed by atoms with Crippen LogP contribution in [0.4, 0.5) is 0 Å². The van der Waals surface area contributed by atoms with Crippen LogP contribution in [0.15, 0.2) is 30.3 Å². The molecule has 0 aromatic heterocycles. The molecule has 0 N–H and O–H groups in total. The number of likely N-dealkylation sites (tertiary alicyclic amines) is 1. The van der Waals surface area contributed by atoms with Crippen molar-refractivity contribution >= 4 is 11.8 Å². The maximum atomic E-state index is 12.0. The molecule has 2 atom stereocenters. The predicted octanol–water partition coefficient (Wildman–Crippen LogP) is 1.50. The van der Waals surface area contributed by atoms with Crippen LogP contribution in [-0.4, -0.2) is 36.9 Å². The number of ketones is 1. The minimum absolute atomic E-state index is 0.00355. The Morgan fingerprint density at radius 1 is 1.32 bits per heavy atom. The van der Waals surface area contributed by atoms with E-state index in [1.54, 1.807) is 0 Å². The molecule has 0 radical (unpaired) electrons. The summed E-state index contributed by atoms with van der Waals surface area (Å²) < 4.78 is 4.72. The van der Waals surface area contributed by atoms with E-state index in [-0.39, 0.29) is 11.7 Å². The van der Waals surface area contributed by atoms with Crippen LogP contribution in [0, 0.1) is 11.8 Å². The summed E-state index contributed by atoms with van der Waals surface area (Å²) in [5.41, 5.74) is 1.19. The Bertz CT molecular complexity index is 458. The highest BCUT2D eigenvalue weighted by molar-refractivity contribution is 6.00. The van der Waals surface area contributed by atoms with Gasteiger partial charge in [-0.1, -0.05) is 37.3 Å². The number of ether oxygens (including phenoxy) is 1. The molecular formula is C15H19NO3. The molecule has 0 aliphatic carbocycles. The molecule has 4 heteroatoms. The zero-order valence-electron chi connectivity index (χ0n) is 11.3. The highest BCUT2D eigenvalue weighted by atomic mass is 16.5. The van der Waals surface area contributed by atoms with Gasteiger partial charge in [-0.15, -0.1) is 0 Å². The second-order valence-electron chi connectivity index (χ2n) is 5.06. The minimum Gasteiger partial charge on any atom is -0.468 e. The number of piperidine rings is 1. The smallest absolute Gasteiger partial charge is 0.317 e. The van der Waals surface area contributed by atoms with E-state index in [9.17, 15) is 9.59 Å². The lowest BCUT2D eigenvalue weighted by Crippen LogP contribution is -2.48. The first-order valence-corrected chi connectivity index (χ1v) is 6.49. The lowest BCUT2D eigenvalue weighted by molar-refractivity contribution is -0.153. The van der Waals surface area contributed by atoms with E-state index in [1.165, 1.54) is 12.7 Å². The van der Waals surface area contributed by atoms with Gasteiger partial charge in [0.05, 0.1) is 7.11 Å². The summed E-state index contributed by atoms with van der Waals surface area (Å²) in [6.07, 6.45) is 0. The molecule has 1 saturated heterocycles. The Balaban J connectivity index is 2.07. The van der Waals surface area contributed by atoms with Crippen molar-refractivity contribution < 1.29 is 14.3 Å². The zero-order valence-corrected chi connectivity index (χ0v) is 11.3. The van der Waals surface area contributed by atoms with Gasteiger partial charge in [-0.3, -0.25) is 14.5 Å². The van der Waals surface area contributed by atoms with Crippen LogP contribution in [0.25, 0.3) is 0 Å². The van der Waals surface area contributed by atoms with Gasteiger partial charge in [-0.2, -0.15) is 0 Å². The number of esters is 1. The van der Waals surface area contributed by atoms with Gasteiger partial charge in [0.1, 0.15) is 5.92 Å². The monoisotopic (exact) mass is 261 g/mol. The normalized spacial score (nSPS) is 24.2. The second kappa shape index (κ2) is 5.97. The summed E-state index contributed by atoms with van der Waals surface area (Å²) in [6.45, 7) is 3.77. The number of hydrogen-bond acceptors (Lipinski definition) is 4. The van der Waals surface area contributed by atoms with Gasteiger partial charge in [-0.25, -0.2) is 0 Å². The van der Waals surface area contributed by atoms with Crippen LogP contribution in [0.5, 0.6) is 0 Å². The molecule has 1 heterocycles. The lowest BCUT2D eigenvalue weighted by Gasteiger charge is -2.34. The average molecular weight is 261 g/mol. The van der Waals surface area contributed by atoms with Gasteiger partial charge >= 0.3 is 5.97 Å². The van der Waals surface area contributed by atoms with Crippen LogP contribution in [-0.2, 0) is 20.9 Å². The van der Waals surface area contributed by atoms with E-state index in [0.29, 0.717) is 13.1 Å². The first kappa shape index (κ1) is 13.7. The van der Waals surface area contributed by atoms with Gasteiger partial charge < -0.3 is 4.74 Å². The molecule has 0 spiro atoms. The summed E-state index contributed by atoms with van der Waals surface area (Å²) in [6, 6.07) is 10.1. The quantitative estimate of drug-likeness (QED) is 0.611. The molecule has 1 aliphatic rings. The first-order valence-electron chi connectivity index (χ1n) is 6.49. The van der Waals surface area contributed by atoms with Crippen molar-refractivity contribution in [3.63, 3.8) is 0 Å². The molecule has 1 aliphatic heterocycles. The number of nitrogens with zero attached hydrogens (tertiary/aromatic N) is 1. The largest absolute Gasteiger partial charge is 0.468 e. The van der Waals surface area contributed by atoms with E-state index < -0.39 is 11.9 Å². The van der Waals surface area contributed by atoms with Crippen molar-refractivity contribution in [3.05, 3.63) is 35.9 Å². The fourth-order valence-electron chi connectivity index (χ4n) is 2.55. The van der Waals surface area contributed by atoms with Crippen molar-refractivity contribution in [3.8, 4) is 0 Å². The summed E-state index contributed by atoms with van der Waals surface area (Å²) in [4.78, 5) is 25.8. The topological polar surface area (TPSA) is 46.6 Å². The van der Waals surface area contributed by atoms with E-state index >= 15 is 0 Å². The summed E-state index contributed by atoms with van der Waals surface area (Å²) in [5, 5.41) is 0. The van der Waals surface area contributed by atoms with Crippen LogP contribution in [0.1, 0.15) is 12.5 Å². The first-order chi connectivity index (χ1) is 9.11. The van der Waals surface area contributed by atoms with Crippen LogP contribution in [0.2, 0.25) is 0 Å². The molecular weight excluding hydrogens is 242 g/mol. The van der Waals surface area contributed by atoms with E-state index in [4.69, 9.17) is 4.74 Å². The van der Waals surface area contributed by atoms with Gasteiger partial charge in [0.15, 0.2) is 5.78 Å². The van der Waals surface area contributed by atoms with Crippen molar-refractivity contribution in [1.29, 1.82) is 0 Å². The number of benzene rings is 1. The summed E-state index contributed by atoms with van der Waals surface area (Å²) in [5.74, 6) is -1.19. The number of rotatable bonds is 3. The maximum Gasteiger partial charge on any atom is 0.317 e. The third-order valence-electron chi connectivity index (χ3n) is 3.54. The summed E-state index contributed by atoms with van der Waals surface area (Å²) >= 11 is 0. The van der Waals surface area contributed by atoms with Crippen LogP contribution < -0.4 is 0 Å². The Labute approximate surface area is 113 Å². The highest BCUT2D eigenvalue weighted by Crippen LogP contribution is 2.21. The van der Waals surface area contributed by atoms with Crippen molar-refractivity contribution in [2.75, 3.05) is 20.2 Å². The highest BCUT2D eigenvalue weighted by Gasteiger charge is 2.37. The van der Waals surface area contributed by atoms with Crippen LogP contribution >= 0.6 is 0 Å². The van der Waals surface area contributed by atoms with Gasteiger partial charge in [0.25, 0.3) is 0 Å². The third kappa shape index (κ3) is 3.20. The fraction of sp³-hybridized carbons (Fsp3) is 0.467. The molecule has 0 amide bonds. The van der Waals surface area contributed by atoms with E-state index in [2.05, 4.69) is 4.90 Å². The van der Waals surface area contributed by atoms with Crippen LogP contribution in [0.3, 0.4) is 0 Å². The number of carbonyl (C=O) groups is 2. The molecule has 1 aromatic rings. The van der Waals surface area contributed by atoms with Gasteiger partial charge in [0, 0.05) is 25.6 Å². The minimum atomic E-state index is -0.641. The predicted molar refractivity (Wildman–Crippen MR) is 71.4 cm³/mol. The van der Waals surface area contributed by atoms with Crippen molar-refractivity contribution in [2.24, 2.45) is 11.8 Å². The SMILES string of the molecule is COC(=O)C1CN(Cc2ccccc2)CC(C)C1=O. The zero-order chi connectivity index (χ0) is 13.8. The molecule has 2 unspecified atom stereocenters. The standard InChI is InChI=1S/C15H19NO3/c1-11-8-16(9-12-6-4-3-5-7-12)10-13(14(11)17)15(18)19-2/h3-7,11,13H,8-10H2,1-2H3. The Hall–Kier alpha value is -1.68. The lowest BCUT2D eigenvalue weighted by atomic mass is 9.88. The second-order valence-corrected chi connectivity index (χ2v) is 5.06. The Morgan fingerprint density at radius 3 is 2.63 bits per heavy atom. The van der Waals surface area contributed by atoms with E-state index in [1.807, 2.05) is 37.3 Å². The molecule has 4 nitrogen and oxygen atoms in total. The van der Waals surface area contributed by atoms with E-state index in [0.717, 1.165) is 6.54 Å². The van der Waals surface area contributed by atoms with Crippen molar-refractivity contribution in [2.45, 2.75) is 13.5 Å². The maximum absolute atomic E-state index is 12.0. The Kier molecular flexibility index (Phi) is 4.32. The van der Waals surface area contributed by atoms with Gasteiger partial charge in [-0.05, 0) is 5.56 Å². The molecule has 0 saturated carbocycles. The third-order valence-corrected chi connectivity index (χ3v) is 3.54. The molecule has 19 heavy (non-hydrogen) atoms. The average Bonchev–Trinajstić information content (AvgIpc) is 2.43. The molecule has 1 fully saturated rings. The van der Waals surface area contributed by atoms with Gasteiger partial charge in [0.2, 0.25) is 0 Å². The molecule has 0 bridgehead atoms. The molecule has 2 rings (SSSR count). The number of Topliss-reactive ketones (excluding diaryl/α,β-unsaturated/α-hetero) is 1. The number of carbonyl (C=O) groups excluding carboxylic acids is 2. The number of hydrogen-bond donors (Lipinski definition) is 0. The number of methoxy groups -OCH3 is 1. The molecule has 1 aromatic carbocycles. The van der Waals surface area contributed by atoms with Crippen molar-refractivity contribution in [1.82, 2.24) is 4.90 Å².